The summed E-state index contributed by atoms with van der Waals surface area (Å²) in [4.78, 5) is 11.3. The predicted octanol–water partition coefficient (Wildman–Crippen LogP) is 6.56. The summed E-state index contributed by atoms with van der Waals surface area (Å²) in [5.74, 6) is 2.59. The molecule has 0 N–H and O–H groups in total. The van der Waals surface area contributed by atoms with Crippen LogP contribution in [0.25, 0.3) is 22.4 Å². The number of hydrogen-bond donors (Lipinski definition) is 0. The van der Waals surface area contributed by atoms with Crippen LogP contribution in [0.3, 0.4) is 0 Å². The molecule has 2 heterocycles. The molecular formula is C30H32N2O3. The minimum Gasteiger partial charge on any atom is -0.497 e. The van der Waals surface area contributed by atoms with Crippen LogP contribution in [0.2, 0.25) is 0 Å². The van der Waals surface area contributed by atoms with Crippen molar-refractivity contribution in [1.29, 1.82) is 0 Å². The summed E-state index contributed by atoms with van der Waals surface area (Å²) < 4.78 is 10.8. The fourth-order valence-corrected chi connectivity index (χ4v) is 4.66. The molecule has 180 valence electrons. The van der Waals surface area contributed by atoms with Gasteiger partial charge in [0.1, 0.15) is 17.3 Å². The summed E-state index contributed by atoms with van der Waals surface area (Å²) >= 11 is 0. The van der Waals surface area contributed by atoms with Crippen LogP contribution >= 0.6 is 0 Å². The van der Waals surface area contributed by atoms with Gasteiger partial charge in [0.15, 0.2) is 0 Å². The number of benzene rings is 2. The van der Waals surface area contributed by atoms with Crippen molar-refractivity contribution in [3.63, 3.8) is 0 Å². The largest absolute Gasteiger partial charge is 0.497 e. The molecule has 0 bridgehead atoms. The van der Waals surface area contributed by atoms with E-state index in [4.69, 9.17) is 19.3 Å². The lowest BCUT2D eigenvalue weighted by Crippen LogP contribution is -2.23. The van der Waals surface area contributed by atoms with E-state index in [-0.39, 0.29) is 5.41 Å². The maximum absolute atomic E-state index is 6.03. The topological polar surface area (TPSA) is 43.8 Å². The molecule has 1 fully saturated rings. The van der Waals surface area contributed by atoms with E-state index in [1.165, 1.54) is 12.8 Å². The van der Waals surface area contributed by atoms with Gasteiger partial charge in [-0.25, -0.2) is 0 Å². The predicted molar refractivity (Wildman–Crippen MR) is 139 cm³/mol. The Hall–Kier alpha value is -3.57. The Morgan fingerprint density at radius 3 is 2.11 bits per heavy atom. The van der Waals surface area contributed by atoms with Crippen molar-refractivity contribution in [3.05, 3.63) is 90.3 Å². The highest BCUT2D eigenvalue weighted by atomic mass is 16.7. The van der Waals surface area contributed by atoms with Gasteiger partial charge in [0.2, 0.25) is 0 Å². The Morgan fingerprint density at radius 2 is 1.49 bits per heavy atom. The molecule has 1 aliphatic carbocycles. The molecule has 0 saturated carbocycles. The maximum Gasteiger partial charge on any atom is 0.147 e. The zero-order chi connectivity index (χ0) is 24.3. The summed E-state index contributed by atoms with van der Waals surface area (Å²) in [6, 6.07) is 20.8. The van der Waals surface area contributed by atoms with Crippen molar-refractivity contribution in [2.75, 3.05) is 27.3 Å². The molecular weight excluding hydrogens is 436 g/mol. The zero-order valence-corrected chi connectivity index (χ0v) is 20.7. The number of aromatic nitrogens is 1. The van der Waals surface area contributed by atoms with Crippen LogP contribution in [-0.2, 0) is 10.2 Å². The van der Waals surface area contributed by atoms with E-state index >= 15 is 0 Å². The fraction of sp³-hybridized carbons (Fsp3) is 0.300. The Labute approximate surface area is 207 Å². The van der Waals surface area contributed by atoms with Crippen LogP contribution in [-0.4, -0.2) is 37.4 Å². The first kappa shape index (κ1) is 23.2. The standard InChI is InChI=1S/C30H32N2O3/c1-30(18-16-25(34-3)17-19-30)28-15-14-27(22-6-10-24(33-2)11-7-22)29(31-28)23-8-12-26(13-9-23)35-32-20-4-5-21-32/h6-18H,4-5,19-21H2,1-3H3. The summed E-state index contributed by atoms with van der Waals surface area (Å²) in [7, 11) is 3.39. The van der Waals surface area contributed by atoms with E-state index in [0.717, 1.165) is 64.8 Å². The van der Waals surface area contributed by atoms with Gasteiger partial charge in [-0.15, -0.1) is 5.06 Å². The normalized spacial score (nSPS) is 19.9. The second kappa shape index (κ2) is 9.96. The smallest absolute Gasteiger partial charge is 0.147 e. The minimum absolute atomic E-state index is 0.200. The number of methoxy groups -OCH3 is 2. The molecule has 5 heteroatoms. The van der Waals surface area contributed by atoms with Crippen molar-refractivity contribution in [2.24, 2.45) is 0 Å². The summed E-state index contributed by atoms with van der Waals surface area (Å²) in [6.07, 6.45) is 9.57. The number of hydroxylamine groups is 2. The first-order chi connectivity index (χ1) is 17.1. The molecule has 0 spiro atoms. The first-order valence-corrected chi connectivity index (χ1v) is 12.2. The van der Waals surface area contributed by atoms with Crippen molar-refractivity contribution in [3.8, 4) is 33.9 Å². The van der Waals surface area contributed by atoms with E-state index in [0.29, 0.717) is 0 Å². The summed E-state index contributed by atoms with van der Waals surface area (Å²) in [6.45, 7) is 4.19. The number of hydrogen-bond acceptors (Lipinski definition) is 5. The van der Waals surface area contributed by atoms with Crippen LogP contribution in [0.15, 0.2) is 84.7 Å². The Bertz CT molecular complexity index is 1230. The molecule has 0 radical (unpaired) electrons. The second-order valence-corrected chi connectivity index (χ2v) is 9.34. The van der Waals surface area contributed by atoms with Crippen LogP contribution in [0, 0.1) is 0 Å². The Kier molecular flexibility index (Phi) is 6.60. The van der Waals surface area contributed by atoms with Crippen LogP contribution in [0.5, 0.6) is 11.5 Å². The van der Waals surface area contributed by atoms with Gasteiger partial charge in [0.25, 0.3) is 0 Å². The second-order valence-electron chi connectivity index (χ2n) is 9.34. The SMILES string of the molecule is COC1=CCC(C)(c2ccc(-c3ccc(OC)cc3)c(-c3ccc(ON4CCCC4)cc3)n2)C=C1. The molecule has 0 amide bonds. The Morgan fingerprint density at radius 1 is 0.800 bits per heavy atom. The van der Waals surface area contributed by atoms with Gasteiger partial charge in [0.05, 0.1) is 25.6 Å². The van der Waals surface area contributed by atoms with E-state index in [2.05, 4.69) is 55.5 Å². The van der Waals surface area contributed by atoms with E-state index in [1.807, 2.05) is 35.4 Å². The van der Waals surface area contributed by atoms with Crippen molar-refractivity contribution < 1.29 is 14.3 Å². The molecule has 2 aromatic carbocycles. The lowest BCUT2D eigenvalue weighted by molar-refractivity contribution is -0.0346. The van der Waals surface area contributed by atoms with E-state index in [9.17, 15) is 0 Å². The van der Waals surface area contributed by atoms with Crippen molar-refractivity contribution in [2.45, 2.75) is 31.6 Å². The Balaban J connectivity index is 1.52. The third kappa shape index (κ3) is 4.96. The van der Waals surface area contributed by atoms with Gasteiger partial charge in [0, 0.05) is 29.6 Å². The van der Waals surface area contributed by atoms with Gasteiger partial charge in [-0.05, 0) is 79.4 Å². The quantitative estimate of drug-likeness (QED) is 0.393. The number of ether oxygens (including phenoxy) is 2. The molecule has 5 rings (SSSR count). The lowest BCUT2D eigenvalue weighted by atomic mass is 9.79. The summed E-state index contributed by atoms with van der Waals surface area (Å²) in [5.41, 5.74) is 5.03. The average Bonchev–Trinajstić information content (AvgIpc) is 3.42. The van der Waals surface area contributed by atoms with E-state index in [1.54, 1.807) is 14.2 Å². The van der Waals surface area contributed by atoms with Gasteiger partial charge in [-0.2, -0.15) is 0 Å². The third-order valence-corrected chi connectivity index (χ3v) is 6.89. The molecule has 3 aromatic rings. The van der Waals surface area contributed by atoms with Crippen LogP contribution < -0.4 is 9.57 Å². The lowest BCUT2D eigenvalue weighted by Gasteiger charge is -2.28. The first-order valence-electron chi connectivity index (χ1n) is 12.2. The number of allylic oxidation sites excluding steroid dienone is 3. The molecule has 5 nitrogen and oxygen atoms in total. The molecule has 1 saturated heterocycles. The van der Waals surface area contributed by atoms with E-state index < -0.39 is 0 Å². The number of rotatable bonds is 7. The van der Waals surface area contributed by atoms with Crippen LogP contribution in [0.1, 0.15) is 31.9 Å². The monoisotopic (exact) mass is 468 g/mol. The maximum atomic E-state index is 6.03. The van der Waals surface area contributed by atoms with Gasteiger partial charge >= 0.3 is 0 Å². The molecule has 35 heavy (non-hydrogen) atoms. The summed E-state index contributed by atoms with van der Waals surface area (Å²) in [5, 5.41) is 2.04. The average molecular weight is 469 g/mol. The highest BCUT2D eigenvalue weighted by Gasteiger charge is 2.28. The van der Waals surface area contributed by atoms with Crippen molar-refractivity contribution >= 4 is 0 Å². The molecule has 1 aromatic heterocycles. The van der Waals surface area contributed by atoms with Crippen molar-refractivity contribution in [1.82, 2.24) is 10.0 Å². The number of pyridine rings is 1. The fourth-order valence-electron chi connectivity index (χ4n) is 4.66. The van der Waals surface area contributed by atoms with Gasteiger partial charge in [-0.1, -0.05) is 31.2 Å². The van der Waals surface area contributed by atoms with Gasteiger partial charge in [-0.3, -0.25) is 4.98 Å². The third-order valence-electron chi connectivity index (χ3n) is 6.89. The highest BCUT2D eigenvalue weighted by Crippen LogP contribution is 2.38. The zero-order valence-electron chi connectivity index (χ0n) is 20.7. The molecule has 1 aliphatic heterocycles. The highest BCUT2D eigenvalue weighted by molar-refractivity contribution is 5.81. The van der Waals surface area contributed by atoms with Gasteiger partial charge < -0.3 is 14.3 Å². The molecule has 1 atom stereocenters. The van der Waals surface area contributed by atoms with Crippen LogP contribution in [0.4, 0.5) is 0 Å². The molecule has 1 unspecified atom stereocenters. The molecule has 2 aliphatic rings. The number of nitrogens with zero attached hydrogens (tertiary/aromatic N) is 2. The minimum atomic E-state index is -0.200.